The minimum Gasteiger partial charge on any atom is -0.382 e. The number of sulfonamides is 1. The Morgan fingerprint density at radius 1 is 1.04 bits per heavy atom. The van der Waals surface area contributed by atoms with Crippen molar-refractivity contribution < 1.29 is 21.6 Å². The molecule has 2 N–H and O–H groups in total. The number of anilines is 1. The molecule has 27 heavy (non-hydrogen) atoms. The summed E-state index contributed by atoms with van der Waals surface area (Å²) in [6.07, 6.45) is 2.74. The van der Waals surface area contributed by atoms with E-state index in [0.717, 1.165) is 44.2 Å². The van der Waals surface area contributed by atoms with E-state index in [1.165, 1.54) is 18.9 Å². The molecule has 0 saturated heterocycles. The van der Waals surface area contributed by atoms with E-state index in [-0.39, 0.29) is 18.5 Å². The van der Waals surface area contributed by atoms with Gasteiger partial charge in [-0.3, -0.25) is 0 Å². The maximum Gasteiger partial charge on any atom is 0.417 e. The van der Waals surface area contributed by atoms with Crippen LogP contribution in [0.4, 0.5) is 18.9 Å². The van der Waals surface area contributed by atoms with Crippen LogP contribution in [0.5, 0.6) is 0 Å². The van der Waals surface area contributed by atoms with Gasteiger partial charge in [-0.2, -0.15) is 13.2 Å². The predicted octanol–water partition coefficient (Wildman–Crippen LogP) is 4.38. The molecule has 150 valence electrons. The molecule has 1 aromatic rings. The normalized spacial score (nSPS) is 28.3. The van der Waals surface area contributed by atoms with Gasteiger partial charge < -0.3 is 5.32 Å². The summed E-state index contributed by atoms with van der Waals surface area (Å²) >= 11 is 0. The van der Waals surface area contributed by atoms with Crippen molar-refractivity contribution in [1.82, 2.24) is 4.72 Å². The SMILES string of the molecule is O=S(=O)(NCC1CC1)c1ccc(NC2CC3CCC2CC3)cc1C(F)(F)F. The number of hydrogen-bond donors (Lipinski definition) is 2. The highest BCUT2D eigenvalue weighted by Crippen LogP contribution is 2.43. The van der Waals surface area contributed by atoms with Crippen LogP contribution >= 0.6 is 0 Å². The molecule has 0 aliphatic heterocycles. The van der Waals surface area contributed by atoms with Gasteiger partial charge in [-0.1, -0.05) is 12.8 Å². The molecule has 0 aromatic heterocycles. The third kappa shape index (κ3) is 4.26. The fourth-order valence-electron chi connectivity index (χ4n) is 4.47. The van der Waals surface area contributed by atoms with Gasteiger partial charge in [0.05, 0.1) is 10.5 Å². The van der Waals surface area contributed by atoms with Gasteiger partial charge >= 0.3 is 6.18 Å². The van der Waals surface area contributed by atoms with E-state index in [1.54, 1.807) is 0 Å². The van der Waals surface area contributed by atoms with E-state index in [2.05, 4.69) is 10.0 Å². The molecule has 1 aromatic carbocycles. The smallest absolute Gasteiger partial charge is 0.382 e. The molecule has 0 spiro atoms. The van der Waals surface area contributed by atoms with Crippen LogP contribution in [-0.2, 0) is 16.2 Å². The highest BCUT2D eigenvalue weighted by Gasteiger charge is 2.39. The first-order valence-electron chi connectivity index (χ1n) is 9.70. The van der Waals surface area contributed by atoms with E-state index in [0.29, 0.717) is 17.5 Å². The number of hydrogen-bond acceptors (Lipinski definition) is 3. The Bertz CT molecular complexity index is 798. The molecule has 4 nitrogen and oxygen atoms in total. The molecule has 4 fully saturated rings. The van der Waals surface area contributed by atoms with Crippen LogP contribution in [0.25, 0.3) is 0 Å². The molecule has 0 heterocycles. The zero-order chi connectivity index (χ0) is 19.2. The average molecular weight is 402 g/mol. The minimum absolute atomic E-state index is 0.175. The van der Waals surface area contributed by atoms with Gasteiger partial charge in [-0.15, -0.1) is 0 Å². The maximum absolute atomic E-state index is 13.6. The lowest BCUT2D eigenvalue weighted by Gasteiger charge is -2.43. The second-order valence-electron chi connectivity index (χ2n) is 8.27. The molecule has 1 unspecified atom stereocenters. The van der Waals surface area contributed by atoms with Crippen LogP contribution in [0.2, 0.25) is 0 Å². The van der Waals surface area contributed by atoms with Crippen molar-refractivity contribution in [3.63, 3.8) is 0 Å². The zero-order valence-electron chi connectivity index (χ0n) is 15.1. The highest BCUT2D eigenvalue weighted by atomic mass is 32.2. The second kappa shape index (κ2) is 6.95. The third-order valence-electron chi connectivity index (χ3n) is 6.23. The fraction of sp³-hybridized carbons (Fsp3) is 0.684. The van der Waals surface area contributed by atoms with Gasteiger partial charge in [0, 0.05) is 18.3 Å². The van der Waals surface area contributed by atoms with Gasteiger partial charge in [0.15, 0.2) is 0 Å². The zero-order valence-corrected chi connectivity index (χ0v) is 15.9. The topological polar surface area (TPSA) is 58.2 Å². The number of halogens is 3. The van der Waals surface area contributed by atoms with Crippen molar-refractivity contribution in [2.45, 2.75) is 62.1 Å². The van der Waals surface area contributed by atoms with E-state index in [4.69, 9.17) is 0 Å². The quantitative estimate of drug-likeness (QED) is 0.742. The lowest BCUT2D eigenvalue weighted by atomic mass is 9.68. The summed E-state index contributed by atoms with van der Waals surface area (Å²) in [5.74, 6) is 1.39. The molecular weight excluding hydrogens is 377 g/mol. The summed E-state index contributed by atoms with van der Waals surface area (Å²) in [5.41, 5.74) is -0.752. The minimum atomic E-state index is -4.73. The van der Waals surface area contributed by atoms with Crippen LogP contribution in [0.15, 0.2) is 23.1 Å². The van der Waals surface area contributed by atoms with Gasteiger partial charge in [-0.25, -0.2) is 13.1 Å². The Balaban J connectivity index is 1.57. The first kappa shape index (κ1) is 19.1. The molecule has 2 bridgehead atoms. The van der Waals surface area contributed by atoms with Crippen LogP contribution in [0, 0.1) is 17.8 Å². The van der Waals surface area contributed by atoms with E-state index < -0.39 is 26.7 Å². The number of nitrogens with one attached hydrogen (secondary N) is 2. The maximum atomic E-state index is 13.6. The predicted molar refractivity (Wildman–Crippen MR) is 96.8 cm³/mol. The number of rotatable bonds is 6. The summed E-state index contributed by atoms with van der Waals surface area (Å²) in [7, 11) is -4.19. The molecule has 5 rings (SSSR count). The molecule has 4 aliphatic carbocycles. The van der Waals surface area contributed by atoms with Crippen LogP contribution < -0.4 is 10.0 Å². The Hall–Kier alpha value is -1.28. The molecule has 4 saturated carbocycles. The third-order valence-corrected chi connectivity index (χ3v) is 7.71. The molecule has 4 aliphatic rings. The summed E-state index contributed by atoms with van der Waals surface area (Å²) in [6, 6.07) is 3.67. The number of fused-ring (bicyclic) bond motifs is 3. The van der Waals surface area contributed by atoms with Gasteiger partial charge in [0.25, 0.3) is 0 Å². The van der Waals surface area contributed by atoms with Gasteiger partial charge in [0.1, 0.15) is 0 Å². The van der Waals surface area contributed by atoms with Crippen LogP contribution in [-0.4, -0.2) is 21.0 Å². The molecule has 8 heteroatoms. The van der Waals surface area contributed by atoms with E-state index in [1.807, 2.05) is 0 Å². The van der Waals surface area contributed by atoms with Crippen molar-refractivity contribution in [2.75, 3.05) is 11.9 Å². The number of benzene rings is 1. The number of alkyl halides is 3. The summed E-state index contributed by atoms with van der Waals surface area (Å²) in [4.78, 5) is -0.689. The molecule has 0 amide bonds. The monoisotopic (exact) mass is 402 g/mol. The molecule has 1 atom stereocenters. The summed E-state index contributed by atoms with van der Waals surface area (Å²) in [6.45, 7) is 0.199. The van der Waals surface area contributed by atoms with Crippen LogP contribution in [0.1, 0.15) is 50.5 Å². The second-order valence-corrected chi connectivity index (χ2v) is 10.0. The Morgan fingerprint density at radius 2 is 1.74 bits per heavy atom. The van der Waals surface area contributed by atoms with Crippen molar-refractivity contribution >= 4 is 15.7 Å². The summed E-state index contributed by atoms with van der Waals surface area (Å²) < 4.78 is 67.9. The van der Waals surface area contributed by atoms with Gasteiger partial charge in [-0.05, 0) is 68.1 Å². The van der Waals surface area contributed by atoms with Crippen molar-refractivity contribution in [1.29, 1.82) is 0 Å². The fourth-order valence-corrected chi connectivity index (χ4v) is 5.79. The lowest BCUT2D eigenvalue weighted by molar-refractivity contribution is -0.139. The Kier molecular flexibility index (Phi) is 4.91. The lowest BCUT2D eigenvalue weighted by Crippen LogP contribution is -2.40. The first-order valence-corrected chi connectivity index (χ1v) is 11.2. The van der Waals surface area contributed by atoms with Crippen LogP contribution in [0.3, 0.4) is 0 Å². The molecule has 0 radical (unpaired) electrons. The van der Waals surface area contributed by atoms with E-state index in [9.17, 15) is 21.6 Å². The van der Waals surface area contributed by atoms with E-state index >= 15 is 0 Å². The standard InChI is InChI=1S/C19H25F3N2O2S/c20-19(21,22)16-10-15(24-17-9-12-3-5-14(17)6-4-12)7-8-18(16)27(25,26)23-11-13-1-2-13/h7-8,10,12-14,17,23-24H,1-6,9,11H2. The average Bonchev–Trinajstić information content (AvgIpc) is 3.45. The van der Waals surface area contributed by atoms with Crippen molar-refractivity contribution in [2.24, 2.45) is 17.8 Å². The highest BCUT2D eigenvalue weighted by molar-refractivity contribution is 7.89. The first-order chi connectivity index (χ1) is 12.7. The Morgan fingerprint density at radius 3 is 2.30 bits per heavy atom. The largest absolute Gasteiger partial charge is 0.417 e. The Labute approximate surface area is 158 Å². The molecular formula is C19H25F3N2O2S. The van der Waals surface area contributed by atoms with Gasteiger partial charge in [0.2, 0.25) is 10.0 Å². The van der Waals surface area contributed by atoms with Crippen molar-refractivity contribution in [3.05, 3.63) is 23.8 Å². The summed E-state index contributed by atoms with van der Waals surface area (Å²) in [5, 5.41) is 3.25. The van der Waals surface area contributed by atoms with Crippen molar-refractivity contribution in [3.8, 4) is 0 Å².